The van der Waals surface area contributed by atoms with Crippen LogP contribution in [0.2, 0.25) is 0 Å². The number of halogens is 1. The largest absolute Gasteiger partial charge is 0.306 e. The van der Waals surface area contributed by atoms with Crippen molar-refractivity contribution >= 4 is 15.7 Å². The van der Waals surface area contributed by atoms with E-state index in [0.717, 1.165) is 31.4 Å². The van der Waals surface area contributed by atoms with E-state index in [4.69, 9.17) is 0 Å². The van der Waals surface area contributed by atoms with Gasteiger partial charge in [-0.25, -0.2) is 8.42 Å². The summed E-state index contributed by atoms with van der Waals surface area (Å²) in [6, 6.07) is 1.71. The number of hydrogen-bond donors (Lipinski definition) is 0. The smallest absolute Gasteiger partial charge is 0.258 e. The maximum atomic E-state index is 13.5. The van der Waals surface area contributed by atoms with Crippen molar-refractivity contribution in [1.82, 2.24) is 4.31 Å². The molecule has 0 bridgehead atoms. The van der Waals surface area contributed by atoms with Crippen LogP contribution in [-0.4, -0.2) is 30.7 Å². The van der Waals surface area contributed by atoms with E-state index >= 15 is 0 Å². The van der Waals surface area contributed by atoms with Crippen LogP contribution in [0.25, 0.3) is 0 Å². The molecule has 20 heavy (non-hydrogen) atoms. The standard InChI is InChI=1S/C12H15FN2O4S/c1-9-7-10(13)11(15(16)17)8-12(9)20(18,19)14-5-3-2-4-6-14/h7-8H,2-6H2,1H3. The van der Waals surface area contributed by atoms with Gasteiger partial charge in [-0.15, -0.1) is 0 Å². The number of nitro benzene ring substituents is 1. The van der Waals surface area contributed by atoms with Crippen LogP contribution in [0.15, 0.2) is 17.0 Å². The molecule has 0 radical (unpaired) electrons. The lowest BCUT2D eigenvalue weighted by Gasteiger charge is -2.26. The van der Waals surface area contributed by atoms with Gasteiger partial charge < -0.3 is 0 Å². The summed E-state index contributed by atoms with van der Waals surface area (Å²) >= 11 is 0. The van der Waals surface area contributed by atoms with E-state index in [1.807, 2.05) is 0 Å². The summed E-state index contributed by atoms with van der Waals surface area (Å²) in [5.74, 6) is -1.02. The first kappa shape index (κ1) is 14.9. The monoisotopic (exact) mass is 302 g/mol. The van der Waals surface area contributed by atoms with Gasteiger partial charge in [-0.3, -0.25) is 10.1 Å². The third-order valence-electron chi connectivity index (χ3n) is 3.37. The van der Waals surface area contributed by atoms with Gasteiger partial charge >= 0.3 is 5.69 Å². The molecule has 110 valence electrons. The van der Waals surface area contributed by atoms with E-state index in [0.29, 0.717) is 13.1 Å². The van der Waals surface area contributed by atoms with E-state index in [2.05, 4.69) is 0 Å². The highest BCUT2D eigenvalue weighted by Crippen LogP contribution is 2.28. The Kier molecular flexibility index (Phi) is 4.05. The SMILES string of the molecule is Cc1cc(F)c([N+](=O)[O-])cc1S(=O)(=O)N1CCCCC1. The number of nitro groups is 1. The van der Waals surface area contributed by atoms with Gasteiger partial charge in [0.2, 0.25) is 15.8 Å². The van der Waals surface area contributed by atoms with Gasteiger partial charge in [0.25, 0.3) is 0 Å². The summed E-state index contributed by atoms with van der Waals surface area (Å²) in [5, 5.41) is 10.7. The van der Waals surface area contributed by atoms with Crippen molar-refractivity contribution in [3.05, 3.63) is 33.6 Å². The molecule has 1 aromatic carbocycles. The zero-order chi connectivity index (χ0) is 14.9. The topological polar surface area (TPSA) is 80.5 Å². The van der Waals surface area contributed by atoms with Crippen LogP contribution in [0.4, 0.5) is 10.1 Å². The highest BCUT2D eigenvalue weighted by Gasteiger charge is 2.30. The van der Waals surface area contributed by atoms with Gasteiger partial charge in [0.05, 0.1) is 9.82 Å². The van der Waals surface area contributed by atoms with E-state index < -0.39 is 26.5 Å². The highest BCUT2D eigenvalue weighted by molar-refractivity contribution is 7.89. The molecule has 0 saturated carbocycles. The number of hydrogen-bond acceptors (Lipinski definition) is 4. The van der Waals surface area contributed by atoms with Gasteiger partial charge in [-0.2, -0.15) is 8.70 Å². The average molecular weight is 302 g/mol. The summed E-state index contributed by atoms with van der Waals surface area (Å²) in [4.78, 5) is 9.65. The van der Waals surface area contributed by atoms with Crippen LogP contribution in [0, 0.1) is 22.9 Å². The number of rotatable bonds is 3. The Labute approximate surface area is 116 Å². The fourth-order valence-electron chi connectivity index (χ4n) is 2.30. The molecule has 1 fully saturated rings. The second-order valence-electron chi connectivity index (χ2n) is 4.79. The summed E-state index contributed by atoms with van der Waals surface area (Å²) in [6.07, 6.45) is 2.50. The lowest BCUT2D eigenvalue weighted by molar-refractivity contribution is -0.387. The van der Waals surface area contributed by atoms with Crippen LogP contribution in [-0.2, 0) is 10.0 Å². The molecule has 6 nitrogen and oxygen atoms in total. The zero-order valence-electron chi connectivity index (χ0n) is 11.0. The van der Waals surface area contributed by atoms with Gasteiger partial charge in [-0.1, -0.05) is 6.42 Å². The molecule has 8 heteroatoms. The molecule has 0 N–H and O–H groups in total. The summed E-state index contributed by atoms with van der Waals surface area (Å²) < 4.78 is 39.7. The Morgan fingerprint density at radius 3 is 2.40 bits per heavy atom. The van der Waals surface area contributed by atoms with E-state index in [-0.39, 0.29) is 10.5 Å². The Bertz CT molecular complexity index is 639. The van der Waals surface area contributed by atoms with Crippen molar-refractivity contribution in [3.63, 3.8) is 0 Å². The van der Waals surface area contributed by atoms with Crippen molar-refractivity contribution < 1.29 is 17.7 Å². The fraction of sp³-hybridized carbons (Fsp3) is 0.500. The van der Waals surface area contributed by atoms with Crippen molar-refractivity contribution in [1.29, 1.82) is 0 Å². The zero-order valence-corrected chi connectivity index (χ0v) is 11.8. The fourth-order valence-corrected chi connectivity index (χ4v) is 4.05. The third-order valence-corrected chi connectivity index (χ3v) is 5.41. The van der Waals surface area contributed by atoms with Crippen LogP contribution in [0.3, 0.4) is 0 Å². The average Bonchev–Trinajstić information content (AvgIpc) is 2.39. The first-order valence-corrected chi connectivity index (χ1v) is 7.72. The Morgan fingerprint density at radius 2 is 1.85 bits per heavy atom. The second-order valence-corrected chi connectivity index (χ2v) is 6.70. The maximum absolute atomic E-state index is 13.5. The molecule has 1 aliphatic rings. The third kappa shape index (κ3) is 2.66. The summed E-state index contributed by atoms with van der Waals surface area (Å²) in [6.45, 7) is 2.23. The van der Waals surface area contributed by atoms with Crippen molar-refractivity contribution in [3.8, 4) is 0 Å². The minimum Gasteiger partial charge on any atom is -0.258 e. The quantitative estimate of drug-likeness (QED) is 0.633. The molecule has 1 aliphatic heterocycles. The Morgan fingerprint density at radius 1 is 1.25 bits per heavy atom. The molecule has 0 aliphatic carbocycles. The van der Waals surface area contributed by atoms with Crippen molar-refractivity contribution in [2.45, 2.75) is 31.1 Å². The van der Waals surface area contributed by atoms with Crippen molar-refractivity contribution in [2.75, 3.05) is 13.1 Å². The first-order valence-electron chi connectivity index (χ1n) is 6.28. The number of sulfonamides is 1. The van der Waals surface area contributed by atoms with Crippen LogP contribution in [0.5, 0.6) is 0 Å². The summed E-state index contributed by atoms with van der Waals surface area (Å²) in [7, 11) is -3.80. The molecule has 0 aromatic heterocycles. The number of piperidine rings is 1. The normalized spacial score (nSPS) is 17.1. The molecule has 0 atom stereocenters. The van der Waals surface area contributed by atoms with Crippen LogP contribution >= 0.6 is 0 Å². The molecule has 1 heterocycles. The summed E-state index contributed by atoms with van der Waals surface area (Å²) in [5.41, 5.74) is -0.634. The van der Waals surface area contributed by atoms with E-state index in [1.165, 1.54) is 11.2 Å². The van der Waals surface area contributed by atoms with Gasteiger partial charge in [-0.05, 0) is 31.4 Å². The molecule has 0 amide bonds. The first-order chi connectivity index (χ1) is 9.34. The molecule has 0 unspecified atom stereocenters. The molecule has 0 spiro atoms. The Balaban J connectivity index is 2.50. The highest BCUT2D eigenvalue weighted by atomic mass is 32.2. The lowest BCUT2D eigenvalue weighted by atomic mass is 10.2. The van der Waals surface area contributed by atoms with E-state index in [1.54, 1.807) is 0 Å². The van der Waals surface area contributed by atoms with Gasteiger partial charge in [0, 0.05) is 19.2 Å². The molecule has 1 saturated heterocycles. The minimum absolute atomic E-state index is 0.179. The molecule has 2 rings (SSSR count). The molecular formula is C12H15FN2O4S. The number of nitrogens with zero attached hydrogens (tertiary/aromatic N) is 2. The number of benzene rings is 1. The predicted octanol–water partition coefficient (Wildman–Crippen LogP) is 2.22. The van der Waals surface area contributed by atoms with E-state index in [9.17, 15) is 22.9 Å². The van der Waals surface area contributed by atoms with Crippen LogP contribution < -0.4 is 0 Å². The van der Waals surface area contributed by atoms with Gasteiger partial charge in [0.15, 0.2) is 0 Å². The van der Waals surface area contributed by atoms with Crippen molar-refractivity contribution in [2.24, 2.45) is 0 Å². The second kappa shape index (κ2) is 5.45. The minimum atomic E-state index is -3.80. The Hall–Kier alpha value is -1.54. The maximum Gasteiger partial charge on any atom is 0.306 e. The number of aryl methyl sites for hydroxylation is 1. The predicted molar refractivity (Wildman–Crippen MR) is 70.4 cm³/mol. The lowest BCUT2D eigenvalue weighted by Crippen LogP contribution is -2.36. The van der Waals surface area contributed by atoms with Gasteiger partial charge in [0.1, 0.15) is 0 Å². The molecular weight excluding hydrogens is 287 g/mol. The van der Waals surface area contributed by atoms with Crippen LogP contribution in [0.1, 0.15) is 24.8 Å². The molecule has 1 aromatic rings.